The predicted octanol–water partition coefficient (Wildman–Crippen LogP) is 5.24. The van der Waals surface area contributed by atoms with Gasteiger partial charge in [-0.15, -0.1) is 10.4 Å². The molecule has 0 aliphatic carbocycles. The second-order valence-corrected chi connectivity index (χ2v) is 7.19. The van der Waals surface area contributed by atoms with Gasteiger partial charge in [-0.25, -0.2) is 9.18 Å². The van der Waals surface area contributed by atoms with Gasteiger partial charge < -0.3 is 4.74 Å². The van der Waals surface area contributed by atoms with Gasteiger partial charge in [0.2, 0.25) is 0 Å². The second kappa shape index (κ2) is 10.3. The molecule has 0 radical (unpaired) electrons. The lowest BCUT2D eigenvalue weighted by Gasteiger charge is -2.23. The molecule has 8 heteroatoms. The molecular weight excluding hydrogens is 401 g/mol. The van der Waals surface area contributed by atoms with Crippen molar-refractivity contribution in [3.8, 4) is 0 Å². The molecule has 1 atom stereocenters. The van der Waals surface area contributed by atoms with Crippen LogP contribution in [0.25, 0.3) is 0 Å². The van der Waals surface area contributed by atoms with Gasteiger partial charge in [0.25, 0.3) is 0 Å². The lowest BCUT2D eigenvalue weighted by atomic mass is 9.96. The molecule has 2 aromatic rings. The van der Waals surface area contributed by atoms with Crippen molar-refractivity contribution in [3.05, 3.63) is 76.9 Å². The molecule has 0 saturated carbocycles. The van der Waals surface area contributed by atoms with Crippen LogP contribution in [0, 0.1) is 18.7 Å². The Kier molecular flexibility index (Phi) is 8.04. The van der Waals surface area contributed by atoms with Crippen LogP contribution in [0.15, 0.2) is 59.4 Å². The van der Waals surface area contributed by atoms with E-state index in [1.165, 1.54) is 37.5 Å². The lowest BCUT2D eigenvalue weighted by molar-refractivity contribution is -1.20. The van der Waals surface area contributed by atoms with Crippen molar-refractivity contribution in [2.45, 2.75) is 34.1 Å². The van der Waals surface area contributed by atoms with Crippen LogP contribution in [0.4, 0.5) is 10.1 Å². The van der Waals surface area contributed by atoms with Gasteiger partial charge in [0, 0.05) is 6.08 Å². The van der Waals surface area contributed by atoms with Crippen molar-refractivity contribution in [2.24, 2.45) is 10.9 Å². The van der Waals surface area contributed by atoms with Gasteiger partial charge in [-0.3, -0.25) is 0 Å². The van der Waals surface area contributed by atoms with E-state index in [4.69, 9.17) is 4.74 Å². The number of nitrogens with zero attached hydrogens (tertiary/aromatic N) is 2. The molecular formula is C23H29FN3O4+. The third-order valence-corrected chi connectivity index (χ3v) is 4.95. The summed E-state index contributed by atoms with van der Waals surface area (Å²) in [7, 11) is 1.30. The van der Waals surface area contributed by atoms with Crippen molar-refractivity contribution < 1.29 is 29.3 Å². The summed E-state index contributed by atoms with van der Waals surface area (Å²) >= 11 is 0. The number of halogens is 1. The van der Waals surface area contributed by atoms with Crippen LogP contribution in [0.2, 0.25) is 0 Å². The summed E-state index contributed by atoms with van der Waals surface area (Å²) in [5.41, 5.74) is 5.20. The number of methoxy groups -OCH3 is 1. The fourth-order valence-electron chi connectivity index (χ4n) is 3.02. The fraction of sp³-hybridized carbons (Fsp3) is 0.304. The number of ether oxygens (including phenoxy) is 1. The van der Waals surface area contributed by atoms with Crippen LogP contribution in [-0.2, 0) is 4.74 Å². The summed E-state index contributed by atoms with van der Waals surface area (Å²) in [4.78, 5) is 14.6. The van der Waals surface area contributed by atoms with E-state index >= 15 is 0 Å². The predicted molar refractivity (Wildman–Crippen MR) is 116 cm³/mol. The molecule has 166 valence electrons. The van der Waals surface area contributed by atoms with Crippen molar-refractivity contribution >= 4 is 17.4 Å². The Morgan fingerprint density at radius 3 is 2.42 bits per heavy atom. The number of hydrogen-bond donors (Lipinski definition) is 3. The first-order valence-corrected chi connectivity index (χ1v) is 9.96. The van der Waals surface area contributed by atoms with E-state index in [0.29, 0.717) is 28.1 Å². The smallest absolute Gasteiger partial charge is 0.338 e. The zero-order valence-corrected chi connectivity index (χ0v) is 18.4. The number of benzene rings is 2. The lowest BCUT2D eigenvalue weighted by Crippen LogP contribution is -2.45. The zero-order valence-electron chi connectivity index (χ0n) is 18.4. The molecule has 1 unspecified atom stereocenters. The van der Waals surface area contributed by atoms with Gasteiger partial charge in [0.1, 0.15) is 5.82 Å². The number of nitrogens with one attached hydrogen (secondary N) is 1. The first kappa shape index (κ1) is 24.2. The second-order valence-electron chi connectivity index (χ2n) is 7.19. The average molecular weight is 431 g/mol. The number of rotatable bonds is 8. The molecule has 0 fully saturated rings. The molecule has 7 nitrogen and oxygen atoms in total. The summed E-state index contributed by atoms with van der Waals surface area (Å²) < 4.78 is 18.1. The maximum absolute atomic E-state index is 13.4. The molecule has 0 heterocycles. The summed E-state index contributed by atoms with van der Waals surface area (Å²) in [6.07, 6.45) is 2.22. The highest BCUT2D eigenvalue weighted by atomic mass is 19.1. The zero-order chi connectivity index (χ0) is 23.2. The summed E-state index contributed by atoms with van der Waals surface area (Å²) in [6.45, 7) is 7.29. The van der Waals surface area contributed by atoms with Gasteiger partial charge in [0.05, 0.1) is 29.0 Å². The molecule has 0 bridgehead atoms. The number of allylic oxidation sites excluding steroid dienone is 1. The van der Waals surface area contributed by atoms with Crippen LogP contribution in [0.5, 0.6) is 0 Å². The molecule has 3 N–H and O–H groups in total. The number of carbonyl (C=O) groups excluding carboxylic acids is 1. The monoisotopic (exact) mass is 430 g/mol. The highest BCUT2D eigenvalue weighted by Crippen LogP contribution is 2.23. The summed E-state index contributed by atoms with van der Waals surface area (Å²) in [5.74, 6) is -0.925. The number of aliphatic imine (C=N–C) groups is 1. The number of anilines is 1. The minimum Gasteiger partial charge on any atom is -0.465 e. The number of quaternary nitrogens is 1. The van der Waals surface area contributed by atoms with Gasteiger partial charge in [-0.05, 0) is 67.6 Å². The van der Waals surface area contributed by atoms with Gasteiger partial charge in [-0.2, -0.15) is 10.4 Å². The minimum atomic E-state index is -1.71. The van der Waals surface area contributed by atoms with Crippen molar-refractivity contribution in [2.75, 3.05) is 12.5 Å². The van der Waals surface area contributed by atoms with Gasteiger partial charge in [0.15, 0.2) is 0 Å². The molecule has 0 aliphatic heterocycles. The van der Waals surface area contributed by atoms with Crippen molar-refractivity contribution in [3.63, 3.8) is 0 Å². The SMILES string of the molecule is C/C=C(\N=C(\c1ccc(F)cc1)C(C)CC)[N+](O)(O)Nc1ccc(C(=O)OC)c(C)c1. The van der Waals surface area contributed by atoms with Crippen LogP contribution < -0.4 is 5.43 Å². The van der Waals surface area contributed by atoms with E-state index in [1.54, 1.807) is 32.0 Å². The molecule has 2 aromatic carbocycles. The molecule has 0 aliphatic rings. The van der Waals surface area contributed by atoms with E-state index in [1.807, 2.05) is 13.8 Å². The molecule has 2 rings (SSSR count). The van der Waals surface area contributed by atoms with E-state index in [9.17, 15) is 19.6 Å². The highest BCUT2D eigenvalue weighted by Gasteiger charge is 2.32. The number of hydroxylamine groups is 2. The average Bonchev–Trinajstić information content (AvgIpc) is 2.74. The first-order chi connectivity index (χ1) is 14.6. The molecule has 0 aromatic heterocycles. The van der Waals surface area contributed by atoms with Crippen LogP contribution in [0.1, 0.15) is 48.7 Å². The van der Waals surface area contributed by atoms with E-state index < -0.39 is 10.9 Å². The Labute approximate surface area is 181 Å². The minimum absolute atomic E-state index is 0.0120. The van der Waals surface area contributed by atoms with Crippen molar-refractivity contribution in [1.82, 2.24) is 0 Å². The first-order valence-electron chi connectivity index (χ1n) is 9.96. The number of aryl methyl sites for hydroxylation is 1. The maximum Gasteiger partial charge on any atom is 0.338 e. The molecule has 0 amide bonds. The van der Waals surface area contributed by atoms with E-state index in [2.05, 4.69) is 10.4 Å². The number of esters is 1. The maximum atomic E-state index is 13.4. The number of hydrogen-bond acceptors (Lipinski definition) is 6. The van der Waals surface area contributed by atoms with E-state index in [-0.39, 0.29) is 17.6 Å². The molecule has 0 spiro atoms. The van der Waals surface area contributed by atoms with Gasteiger partial charge in [-0.1, -0.05) is 26.0 Å². The van der Waals surface area contributed by atoms with Crippen LogP contribution in [0.3, 0.4) is 0 Å². The Hall–Kier alpha value is -3.07. The third kappa shape index (κ3) is 5.97. The topological polar surface area (TPSA) is 91.2 Å². The third-order valence-electron chi connectivity index (χ3n) is 4.95. The fourth-order valence-corrected chi connectivity index (χ4v) is 3.02. The van der Waals surface area contributed by atoms with Crippen LogP contribution >= 0.6 is 0 Å². The van der Waals surface area contributed by atoms with Crippen molar-refractivity contribution in [1.29, 1.82) is 0 Å². The largest absolute Gasteiger partial charge is 0.465 e. The Balaban J connectivity index is 2.39. The Morgan fingerprint density at radius 2 is 1.90 bits per heavy atom. The highest BCUT2D eigenvalue weighted by molar-refractivity contribution is 6.02. The standard InChI is InChI=1S/C23H28FN3O4/c1-6-15(3)22(17-8-10-18(24)11-9-17)25-21(7-2)27(29,30)26-19-12-13-20(16(4)14-19)23(28)31-5/h7-15,29-30H,6H2,1-5H3/p+1/b21-7+,25-22+. The molecule has 0 saturated heterocycles. The Morgan fingerprint density at radius 1 is 1.26 bits per heavy atom. The quantitative estimate of drug-likeness (QED) is 0.231. The van der Waals surface area contributed by atoms with Crippen LogP contribution in [-0.4, -0.2) is 34.1 Å². The summed E-state index contributed by atoms with van der Waals surface area (Å²) in [5, 5.41) is 21.4. The normalized spacial score (nSPS) is 13.7. The number of carbonyl (C=O) groups is 1. The molecule has 31 heavy (non-hydrogen) atoms. The Bertz CT molecular complexity index is 985. The summed E-state index contributed by atoms with van der Waals surface area (Å²) in [6, 6.07) is 10.6. The van der Waals surface area contributed by atoms with E-state index in [0.717, 1.165) is 6.42 Å². The van der Waals surface area contributed by atoms with Gasteiger partial charge >= 0.3 is 11.8 Å².